The van der Waals surface area contributed by atoms with E-state index in [1.807, 2.05) is 31.2 Å². The molecule has 134 valence electrons. The summed E-state index contributed by atoms with van der Waals surface area (Å²) in [6.07, 6.45) is -3.59. The molecule has 1 atom stereocenters. The van der Waals surface area contributed by atoms with E-state index in [-0.39, 0.29) is 16.8 Å². The molecule has 7 heteroatoms. The SMILES string of the molecule is CCc1ccc(C(C)NC(=O)Nc2cc(C(F)(F)F)ccc2Cl)cc1. The van der Waals surface area contributed by atoms with Crippen LogP contribution in [0.4, 0.5) is 23.7 Å². The van der Waals surface area contributed by atoms with E-state index in [0.717, 1.165) is 30.2 Å². The number of urea groups is 1. The number of aryl methyl sites for hydroxylation is 1. The fraction of sp³-hybridized carbons (Fsp3) is 0.278. The van der Waals surface area contributed by atoms with Gasteiger partial charge in [-0.05, 0) is 42.7 Å². The lowest BCUT2D eigenvalue weighted by Crippen LogP contribution is -2.31. The molecule has 0 aliphatic rings. The van der Waals surface area contributed by atoms with Crippen molar-refractivity contribution in [2.45, 2.75) is 32.5 Å². The number of anilines is 1. The molecule has 0 aliphatic heterocycles. The van der Waals surface area contributed by atoms with Gasteiger partial charge in [0.25, 0.3) is 0 Å². The number of halogens is 4. The molecular formula is C18H18ClF3N2O. The van der Waals surface area contributed by atoms with Gasteiger partial charge in [0.2, 0.25) is 0 Å². The Kier molecular flexibility index (Phi) is 5.95. The van der Waals surface area contributed by atoms with Gasteiger partial charge in [0.15, 0.2) is 0 Å². The fourth-order valence-corrected chi connectivity index (χ4v) is 2.44. The van der Waals surface area contributed by atoms with Crippen LogP contribution in [0.25, 0.3) is 0 Å². The summed E-state index contributed by atoms with van der Waals surface area (Å²) < 4.78 is 38.3. The molecule has 2 rings (SSSR count). The molecule has 25 heavy (non-hydrogen) atoms. The predicted octanol–water partition coefficient (Wildman–Crippen LogP) is 5.80. The van der Waals surface area contributed by atoms with Crippen molar-refractivity contribution in [2.24, 2.45) is 0 Å². The summed E-state index contributed by atoms with van der Waals surface area (Å²) in [5, 5.41) is 5.07. The van der Waals surface area contributed by atoms with Crippen molar-refractivity contribution < 1.29 is 18.0 Å². The first-order valence-corrected chi connectivity index (χ1v) is 8.11. The van der Waals surface area contributed by atoms with Crippen molar-refractivity contribution in [3.05, 3.63) is 64.2 Å². The number of rotatable bonds is 4. The lowest BCUT2D eigenvalue weighted by molar-refractivity contribution is -0.137. The lowest BCUT2D eigenvalue weighted by atomic mass is 10.1. The van der Waals surface area contributed by atoms with Crippen LogP contribution in [0.1, 0.15) is 36.6 Å². The second kappa shape index (κ2) is 7.78. The number of benzene rings is 2. The van der Waals surface area contributed by atoms with Crippen molar-refractivity contribution >= 4 is 23.3 Å². The number of amides is 2. The van der Waals surface area contributed by atoms with Gasteiger partial charge in [0.05, 0.1) is 22.3 Å². The van der Waals surface area contributed by atoms with E-state index >= 15 is 0 Å². The summed E-state index contributed by atoms with van der Waals surface area (Å²) in [6.45, 7) is 3.83. The molecule has 0 heterocycles. The smallest absolute Gasteiger partial charge is 0.331 e. The number of hydrogen-bond donors (Lipinski definition) is 2. The Hall–Kier alpha value is -2.21. The van der Waals surface area contributed by atoms with Gasteiger partial charge < -0.3 is 10.6 Å². The molecule has 0 radical (unpaired) electrons. The Labute approximate surface area is 149 Å². The topological polar surface area (TPSA) is 41.1 Å². The van der Waals surface area contributed by atoms with E-state index in [2.05, 4.69) is 10.6 Å². The van der Waals surface area contributed by atoms with Gasteiger partial charge in [0, 0.05) is 0 Å². The van der Waals surface area contributed by atoms with Crippen LogP contribution in [-0.4, -0.2) is 6.03 Å². The van der Waals surface area contributed by atoms with Crippen LogP contribution >= 0.6 is 11.6 Å². The van der Waals surface area contributed by atoms with Crippen LogP contribution in [0.5, 0.6) is 0 Å². The summed E-state index contributed by atoms with van der Waals surface area (Å²) in [6, 6.07) is 9.58. The van der Waals surface area contributed by atoms with E-state index in [4.69, 9.17) is 11.6 Å². The third kappa shape index (κ3) is 5.13. The normalized spacial score (nSPS) is 12.6. The van der Waals surface area contributed by atoms with Crippen LogP contribution in [0.2, 0.25) is 5.02 Å². The standard InChI is InChI=1S/C18H18ClF3N2O/c1-3-12-4-6-13(7-5-12)11(2)23-17(25)24-16-10-14(18(20,21)22)8-9-15(16)19/h4-11H,3H2,1-2H3,(H2,23,24,25). The van der Waals surface area contributed by atoms with Crippen LogP contribution in [0.15, 0.2) is 42.5 Å². The zero-order valence-electron chi connectivity index (χ0n) is 13.7. The van der Waals surface area contributed by atoms with E-state index < -0.39 is 17.8 Å². The highest BCUT2D eigenvalue weighted by molar-refractivity contribution is 6.33. The molecule has 2 aromatic carbocycles. The number of carbonyl (C=O) groups is 1. The highest BCUT2D eigenvalue weighted by Crippen LogP contribution is 2.33. The highest BCUT2D eigenvalue weighted by Gasteiger charge is 2.31. The summed E-state index contributed by atoms with van der Waals surface area (Å²) in [7, 11) is 0. The molecule has 0 aliphatic carbocycles. The summed E-state index contributed by atoms with van der Waals surface area (Å²) in [4.78, 5) is 12.1. The van der Waals surface area contributed by atoms with Crippen LogP contribution in [0, 0.1) is 0 Å². The maximum absolute atomic E-state index is 12.8. The summed E-state index contributed by atoms with van der Waals surface area (Å²) >= 11 is 5.87. The van der Waals surface area contributed by atoms with Crippen molar-refractivity contribution in [3.63, 3.8) is 0 Å². The van der Waals surface area contributed by atoms with Gasteiger partial charge in [-0.15, -0.1) is 0 Å². The number of carbonyl (C=O) groups excluding carboxylic acids is 1. The minimum absolute atomic E-state index is 0.0306. The van der Waals surface area contributed by atoms with Gasteiger partial charge in [-0.25, -0.2) is 4.79 Å². The van der Waals surface area contributed by atoms with E-state index in [1.54, 1.807) is 6.92 Å². The molecule has 0 saturated carbocycles. The first-order valence-electron chi connectivity index (χ1n) is 7.73. The molecule has 0 aromatic heterocycles. The Bertz CT molecular complexity index is 745. The summed E-state index contributed by atoms with van der Waals surface area (Å²) in [5.74, 6) is 0. The third-order valence-electron chi connectivity index (χ3n) is 3.78. The van der Waals surface area contributed by atoms with Gasteiger partial charge in [-0.3, -0.25) is 0 Å². The van der Waals surface area contributed by atoms with Gasteiger partial charge in [-0.1, -0.05) is 42.8 Å². The average molecular weight is 371 g/mol. The van der Waals surface area contributed by atoms with Gasteiger partial charge >= 0.3 is 12.2 Å². The number of nitrogens with one attached hydrogen (secondary N) is 2. The molecule has 2 aromatic rings. The second-order valence-corrected chi connectivity index (χ2v) is 6.01. The monoisotopic (exact) mass is 370 g/mol. The zero-order valence-corrected chi connectivity index (χ0v) is 14.5. The molecule has 0 saturated heterocycles. The maximum Gasteiger partial charge on any atom is 0.416 e. The minimum Gasteiger partial charge on any atom is -0.331 e. The molecular weight excluding hydrogens is 353 g/mol. The van der Waals surface area contributed by atoms with Crippen molar-refractivity contribution in [1.82, 2.24) is 5.32 Å². The number of hydrogen-bond acceptors (Lipinski definition) is 1. The molecule has 2 N–H and O–H groups in total. The molecule has 1 unspecified atom stereocenters. The first-order chi connectivity index (χ1) is 11.7. The Morgan fingerprint density at radius 2 is 1.80 bits per heavy atom. The Morgan fingerprint density at radius 1 is 1.16 bits per heavy atom. The highest BCUT2D eigenvalue weighted by atomic mass is 35.5. The average Bonchev–Trinajstić information content (AvgIpc) is 2.55. The van der Waals surface area contributed by atoms with Crippen molar-refractivity contribution in [1.29, 1.82) is 0 Å². The Morgan fingerprint density at radius 3 is 2.36 bits per heavy atom. The van der Waals surface area contributed by atoms with Gasteiger partial charge in [0.1, 0.15) is 0 Å². The zero-order chi connectivity index (χ0) is 18.6. The first kappa shape index (κ1) is 19.1. The minimum atomic E-state index is -4.51. The maximum atomic E-state index is 12.8. The molecule has 0 bridgehead atoms. The van der Waals surface area contributed by atoms with Crippen molar-refractivity contribution in [2.75, 3.05) is 5.32 Å². The molecule has 3 nitrogen and oxygen atoms in total. The fourth-order valence-electron chi connectivity index (χ4n) is 2.28. The summed E-state index contributed by atoms with van der Waals surface area (Å²) in [5.41, 5.74) is 1.09. The molecule has 0 fully saturated rings. The number of alkyl halides is 3. The molecule has 0 spiro atoms. The molecule has 2 amide bonds. The third-order valence-corrected chi connectivity index (χ3v) is 4.11. The van der Waals surface area contributed by atoms with E-state index in [0.29, 0.717) is 0 Å². The van der Waals surface area contributed by atoms with Crippen LogP contribution in [-0.2, 0) is 12.6 Å². The van der Waals surface area contributed by atoms with E-state index in [1.165, 1.54) is 5.56 Å². The van der Waals surface area contributed by atoms with Crippen LogP contribution in [0.3, 0.4) is 0 Å². The lowest BCUT2D eigenvalue weighted by Gasteiger charge is -2.17. The van der Waals surface area contributed by atoms with Gasteiger partial charge in [-0.2, -0.15) is 13.2 Å². The van der Waals surface area contributed by atoms with E-state index in [9.17, 15) is 18.0 Å². The van der Waals surface area contributed by atoms with Crippen molar-refractivity contribution in [3.8, 4) is 0 Å². The largest absolute Gasteiger partial charge is 0.416 e. The predicted molar refractivity (Wildman–Crippen MR) is 92.8 cm³/mol. The quantitative estimate of drug-likeness (QED) is 0.701. The Balaban J connectivity index is 2.06. The second-order valence-electron chi connectivity index (χ2n) is 5.61. The van der Waals surface area contributed by atoms with Crippen LogP contribution < -0.4 is 10.6 Å².